The average Bonchev–Trinajstić information content (AvgIpc) is 2.27. The Balaban J connectivity index is 3.46. The molecule has 0 bridgehead atoms. The van der Waals surface area contributed by atoms with Crippen LogP contribution in [-0.2, 0) is 9.84 Å². The molecule has 0 saturated carbocycles. The Morgan fingerprint density at radius 1 is 1.47 bits per heavy atom. The minimum absolute atomic E-state index is 0.0785. The van der Waals surface area contributed by atoms with Crippen LogP contribution in [0.5, 0.6) is 0 Å². The number of anilines is 1. The smallest absolute Gasteiger partial charge is 0.270 e. The molecule has 7 nitrogen and oxygen atoms in total. The number of nitrogens with zero attached hydrogens (tertiary/aromatic N) is 1. The molecule has 0 amide bonds. The van der Waals surface area contributed by atoms with Crippen LogP contribution in [0.25, 0.3) is 0 Å². The molecular formula is C9H11N3O4S. The van der Waals surface area contributed by atoms with Gasteiger partial charge in [0, 0.05) is 18.7 Å². The van der Waals surface area contributed by atoms with E-state index < -0.39 is 14.8 Å². The Bertz CT molecular complexity index is 580. The van der Waals surface area contributed by atoms with Crippen LogP contribution in [0.2, 0.25) is 0 Å². The molecule has 92 valence electrons. The van der Waals surface area contributed by atoms with Crippen LogP contribution < -0.4 is 11.5 Å². The van der Waals surface area contributed by atoms with E-state index in [1.165, 1.54) is 0 Å². The van der Waals surface area contributed by atoms with E-state index in [-0.39, 0.29) is 27.7 Å². The van der Waals surface area contributed by atoms with Gasteiger partial charge < -0.3 is 11.5 Å². The third-order valence-corrected chi connectivity index (χ3v) is 3.96. The summed E-state index contributed by atoms with van der Waals surface area (Å²) in [5.41, 5.74) is 10.2. The number of nitro benzene ring substituents is 1. The van der Waals surface area contributed by atoms with Crippen LogP contribution in [-0.4, -0.2) is 19.9 Å². The predicted molar refractivity (Wildman–Crippen MR) is 62.9 cm³/mol. The number of rotatable bonds is 4. The number of hydrogen-bond donors (Lipinski definition) is 2. The maximum atomic E-state index is 11.9. The lowest BCUT2D eigenvalue weighted by molar-refractivity contribution is -0.385. The predicted octanol–water partition coefficient (Wildman–Crippen LogP) is 0.423. The molecular weight excluding hydrogens is 246 g/mol. The van der Waals surface area contributed by atoms with Gasteiger partial charge in [-0.1, -0.05) is 6.58 Å². The maximum absolute atomic E-state index is 11.9. The summed E-state index contributed by atoms with van der Waals surface area (Å²) >= 11 is 0. The zero-order valence-electron chi connectivity index (χ0n) is 8.79. The lowest BCUT2D eigenvalue weighted by atomic mass is 10.3. The van der Waals surface area contributed by atoms with E-state index in [4.69, 9.17) is 11.5 Å². The van der Waals surface area contributed by atoms with Gasteiger partial charge >= 0.3 is 0 Å². The number of benzene rings is 1. The molecule has 0 saturated heterocycles. The highest BCUT2D eigenvalue weighted by Crippen LogP contribution is 2.27. The highest BCUT2D eigenvalue weighted by atomic mass is 32.2. The molecule has 0 atom stereocenters. The first-order valence-corrected chi connectivity index (χ1v) is 5.96. The molecule has 17 heavy (non-hydrogen) atoms. The summed E-state index contributed by atoms with van der Waals surface area (Å²) in [7, 11) is -3.92. The Kier molecular flexibility index (Phi) is 3.49. The van der Waals surface area contributed by atoms with Gasteiger partial charge in [-0.3, -0.25) is 10.1 Å². The van der Waals surface area contributed by atoms with E-state index >= 15 is 0 Å². The van der Waals surface area contributed by atoms with Crippen molar-refractivity contribution >= 4 is 21.2 Å². The lowest BCUT2D eigenvalue weighted by Gasteiger charge is -2.07. The summed E-state index contributed by atoms with van der Waals surface area (Å²) < 4.78 is 23.8. The number of nitrogens with two attached hydrogens (primary N) is 2. The molecule has 4 N–H and O–H groups in total. The standard InChI is InChI=1S/C9H11N3O4S/c1-6(5-10)17(15,16)9-4-7(12(13)14)2-3-8(9)11/h2-4H,1,5,10-11H2. The highest BCUT2D eigenvalue weighted by molar-refractivity contribution is 7.95. The molecule has 1 aromatic rings. The Hall–Kier alpha value is -1.93. The van der Waals surface area contributed by atoms with Gasteiger partial charge in [-0.25, -0.2) is 8.42 Å². The molecule has 1 rings (SSSR count). The largest absolute Gasteiger partial charge is 0.398 e. The quantitative estimate of drug-likeness (QED) is 0.457. The summed E-state index contributed by atoms with van der Waals surface area (Å²) in [6.45, 7) is 3.03. The van der Waals surface area contributed by atoms with Crippen molar-refractivity contribution in [2.75, 3.05) is 12.3 Å². The van der Waals surface area contributed by atoms with Crippen LogP contribution in [0.4, 0.5) is 11.4 Å². The van der Waals surface area contributed by atoms with Gasteiger partial charge in [0.1, 0.15) is 4.90 Å². The zero-order valence-corrected chi connectivity index (χ0v) is 9.61. The van der Waals surface area contributed by atoms with E-state index in [0.29, 0.717) is 0 Å². The van der Waals surface area contributed by atoms with Gasteiger partial charge in [-0.15, -0.1) is 0 Å². The van der Waals surface area contributed by atoms with E-state index in [1.54, 1.807) is 0 Å². The van der Waals surface area contributed by atoms with Crippen molar-refractivity contribution in [2.45, 2.75) is 4.90 Å². The van der Waals surface area contributed by atoms with Crippen molar-refractivity contribution < 1.29 is 13.3 Å². The Labute approximate surface area is 97.8 Å². The van der Waals surface area contributed by atoms with Crippen LogP contribution in [0, 0.1) is 10.1 Å². The van der Waals surface area contributed by atoms with E-state index in [9.17, 15) is 18.5 Å². The molecule has 0 spiro atoms. The molecule has 0 radical (unpaired) electrons. The number of hydrogen-bond acceptors (Lipinski definition) is 6. The molecule has 0 fully saturated rings. The van der Waals surface area contributed by atoms with Crippen molar-refractivity contribution in [3.63, 3.8) is 0 Å². The first-order chi connectivity index (χ1) is 7.80. The monoisotopic (exact) mass is 257 g/mol. The molecule has 8 heteroatoms. The van der Waals surface area contributed by atoms with Crippen LogP contribution in [0.1, 0.15) is 0 Å². The van der Waals surface area contributed by atoms with Gasteiger partial charge in [-0.05, 0) is 6.07 Å². The second-order valence-corrected chi connectivity index (χ2v) is 5.25. The SMILES string of the molecule is C=C(CN)S(=O)(=O)c1cc([N+](=O)[O-])ccc1N. The summed E-state index contributed by atoms with van der Waals surface area (Å²) in [5.74, 6) is 0. The zero-order chi connectivity index (χ0) is 13.2. The fourth-order valence-electron chi connectivity index (χ4n) is 1.13. The summed E-state index contributed by atoms with van der Waals surface area (Å²) in [4.78, 5) is 9.26. The van der Waals surface area contributed by atoms with E-state index in [0.717, 1.165) is 18.2 Å². The number of sulfone groups is 1. The molecule has 0 aromatic heterocycles. The van der Waals surface area contributed by atoms with Crippen molar-refractivity contribution in [3.8, 4) is 0 Å². The van der Waals surface area contributed by atoms with E-state index in [1.807, 2.05) is 0 Å². The van der Waals surface area contributed by atoms with Crippen molar-refractivity contribution in [1.82, 2.24) is 0 Å². The van der Waals surface area contributed by atoms with Crippen molar-refractivity contribution in [1.29, 1.82) is 0 Å². The van der Waals surface area contributed by atoms with Crippen LogP contribution in [0.15, 0.2) is 34.6 Å². The average molecular weight is 257 g/mol. The normalized spacial score (nSPS) is 11.1. The summed E-state index contributed by atoms with van der Waals surface area (Å²) in [6, 6.07) is 3.18. The number of nitrogen functional groups attached to an aromatic ring is 1. The fraction of sp³-hybridized carbons (Fsp3) is 0.111. The number of non-ortho nitro benzene ring substituents is 1. The minimum Gasteiger partial charge on any atom is -0.398 e. The summed E-state index contributed by atoms with van der Waals surface area (Å²) in [6.07, 6.45) is 0. The van der Waals surface area contributed by atoms with Gasteiger partial charge in [-0.2, -0.15) is 0 Å². The lowest BCUT2D eigenvalue weighted by Crippen LogP contribution is -2.14. The third kappa shape index (κ3) is 2.43. The Morgan fingerprint density at radius 2 is 2.06 bits per heavy atom. The Morgan fingerprint density at radius 3 is 2.53 bits per heavy atom. The van der Waals surface area contributed by atoms with Gasteiger partial charge in [0.2, 0.25) is 9.84 Å². The second-order valence-electron chi connectivity index (χ2n) is 3.23. The molecule has 0 aliphatic carbocycles. The van der Waals surface area contributed by atoms with Crippen LogP contribution >= 0.6 is 0 Å². The van der Waals surface area contributed by atoms with Gasteiger partial charge in [0.05, 0.1) is 15.5 Å². The second kappa shape index (κ2) is 4.52. The molecule has 1 aromatic carbocycles. The molecule has 0 heterocycles. The maximum Gasteiger partial charge on any atom is 0.270 e. The summed E-state index contributed by atoms with van der Waals surface area (Å²) in [5, 5.41) is 10.6. The van der Waals surface area contributed by atoms with Crippen LogP contribution in [0.3, 0.4) is 0 Å². The molecule has 0 unspecified atom stereocenters. The van der Waals surface area contributed by atoms with Gasteiger partial charge in [0.15, 0.2) is 0 Å². The minimum atomic E-state index is -3.92. The topological polar surface area (TPSA) is 129 Å². The highest BCUT2D eigenvalue weighted by Gasteiger charge is 2.23. The molecule has 0 aliphatic rings. The first kappa shape index (κ1) is 13.1. The van der Waals surface area contributed by atoms with Crippen molar-refractivity contribution in [3.05, 3.63) is 39.8 Å². The first-order valence-electron chi connectivity index (χ1n) is 4.47. The van der Waals surface area contributed by atoms with Crippen molar-refractivity contribution in [2.24, 2.45) is 5.73 Å². The third-order valence-electron chi connectivity index (χ3n) is 2.11. The molecule has 0 aliphatic heterocycles. The van der Waals surface area contributed by atoms with E-state index in [2.05, 4.69) is 6.58 Å². The number of nitro groups is 1. The fourth-order valence-corrected chi connectivity index (χ4v) is 2.32. The van der Waals surface area contributed by atoms with Gasteiger partial charge in [0.25, 0.3) is 5.69 Å².